The van der Waals surface area contributed by atoms with Gasteiger partial charge in [0, 0.05) is 11.9 Å². The lowest BCUT2D eigenvalue weighted by Crippen LogP contribution is -2.13. The molecule has 0 aliphatic rings. The summed E-state index contributed by atoms with van der Waals surface area (Å²) < 4.78 is 0. The van der Waals surface area contributed by atoms with Crippen molar-refractivity contribution in [1.82, 2.24) is 4.98 Å². The fourth-order valence-electron chi connectivity index (χ4n) is 1.69. The zero-order chi connectivity index (χ0) is 15.1. The molecule has 110 valence electrons. The van der Waals surface area contributed by atoms with Crippen LogP contribution in [0.25, 0.3) is 0 Å². The predicted molar refractivity (Wildman–Crippen MR) is 91.7 cm³/mol. The Bertz CT molecular complexity index is 571. The molecule has 0 saturated heterocycles. The van der Waals surface area contributed by atoms with E-state index >= 15 is 0 Å². The Morgan fingerprint density at radius 3 is 2.57 bits per heavy atom. The highest BCUT2D eigenvalue weighted by atomic mass is 33.1. The summed E-state index contributed by atoms with van der Waals surface area (Å²) in [5, 5.41) is 3.81. The van der Waals surface area contributed by atoms with Gasteiger partial charge in [0.05, 0.1) is 5.75 Å². The molecule has 1 aromatic carbocycles. The summed E-state index contributed by atoms with van der Waals surface area (Å²) in [5.41, 5.74) is 2.11. The van der Waals surface area contributed by atoms with Crippen LogP contribution in [0, 0.1) is 0 Å². The smallest absolute Gasteiger partial charge is 0.235 e. The highest BCUT2D eigenvalue weighted by molar-refractivity contribution is 8.76. The standard InChI is InChI=1S/C16H18N2OS2/c1-12(2)13-6-8-14(9-7-13)18-15(19)11-20-21-16-5-3-4-10-17-16/h3-10,12H,11H2,1-2H3,(H,18,19). The van der Waals surface area contributed by atoms with Crippen LogP contribution in [-0.4, -0.2) is 16.6 Å². The zero-order valence-corrected chi connectivity index (χ0v) is 13.7. The van der Waals surface area contributed by atoms with Crippen LogP contribution in [0.3, 0.4) is 0 Å². The molecular weight excluding hydrogens is 300 g/mol. The monoisotopic (exact) mass is 318 g/mol. The Labute approximate surface area is 133 Å². The van der Waals surface area contributed by atoms with Crippen LogP contribution >= 0.6 is 21.6 Å². The van der Waals surface area contributed by atoms with Crippen molar-refractivity contribution in [2.45, 2.75) is 24.8 Å². The fraction of sp³-hybridized carbons (Fsp3) is 0.250. The van der Waals surface area contributed by atoms with Crippen LogP contribution in [-0.2, 0) is 4.79 Å². The van der Waals surface area contributed by atoms with E-state index in [0.717, 1.165) is 10.7 Å². The first-order valence-electron chi connectivity index (χ1n) is 6.75. The Morgan fingerprint density at radius 2 is 1.95 bits per heavy atom. The number of aromatic nitrogens is 1. The molecule has 0 bridgehead atoms. The van der Waals surface area contributed by atoms with Gasteiger partial charge in [-0.05, 0) is 46.5 Å². The molecule has 5 heteroatoms. The second-order valence-corrected chi connectivity index (χ2v) is 7.15. The highest BCUT2D eigenvalue weighted by Crippen LogP contribution is 2.28. The maximum atomic E-state index is 11.9. The topological polar surface area (TPSA) is 42.0 Å². The van der Waals surface area contributed by atoms with Crippen molar-refractivity contribution in [3.8, 4) is 0 Å². The van der Waals surface area contributed by atoms with Crippen LogP contribution in [0.15, 0.2) is 53.7 Å². The van der Waals surface area contributed by atoms with E-state index in [1.165, 1.54) is 27.2 Å². The third-order valence-electron chi connectivity index (χ3n) is 2.83. The molecule has 3 nitrogen and oxygen atoms in total. The van der Waals surface area contributed by atoms with Crippen molar-refractivity contribution in [2.75, 3.05) is 11.1 Å². The molecule has 21 heavy (non-hydrogen) atoms. The molecule has 0 radical (unpaired) electrons. The molecule has 0 aliphatic heterocycles. The minimum absolute atomic E-state index is 0.000674. The number of rotatable bonds is 6. The summed E-state index contributed by atoms with van der Waals surface area (Å²) in [6.07, 6.45) is 1.75. The minimum atomic E-state index is 0.000674. The summed E-state index contributed by atoms with van der Waals surface area (Å²) in [5.74, 6) is 0.897. The molecule has 0 unspecified atom stereocenters. The van der Waals surface area contributed by atoms with Gasteiger partial charge in [-0.1, -0.05) is 42.8 Å². The van der Waals surface area contributed by atoms with E-state index in [1.54, 1.807) is 6.20 Å². The van der Waals surface area contributed by atoms with E-state index in [-0.39, 0.29) is 5.91 Å². The lowest BCUT2D eigenvalue weighted by molar-refractivity contribution is -0.113. The van der Waals surface area contributed by atoms with Gasteiger partial charge in [-0.25, -0.2) is 4.98 Å². The van der Waals surface area contributed by atoms with E-state index in [4.69, 9.17) is 0 Å². The number of hydrogen-bond donors (Lipinski definition) is 1. The summed E-state index contributed by atoms with van der Waals surface area (Å²) in [7, 11) is 2.99. The number of anilines is 1. The number of carbonyl (C=O) groups excluding carboxylic acids is 1. The van der Waals surface area contributed by atoms with Gasteiger partial charge in [0.1, 0.15) is 5.03 Å². The largest absolute Gasteiger partial charge is 0.325 e. The van der Waals surface area contributed by atoms with Gasteiger partial charge in [0.15, 0.2) is 0 Å². The van der Waals surface area contributed by atoms with E-state index < -0.39 is 0 Å². The van der Waals surface area contributed by atoms with Crippen molar-refractivity contribution in [2.24, 2.45) is 0 Å². The lowest BCUT2D eigenvalue weighted by Gasteiger charge is -2.08. The second-order valence-electron chi connectivity index (χ2n) is 4.84. The summed E-state index contributed by atoms with van der Waals surface area (Å²) in [6, 6.07) is 13.7. The van der Waals surface area contributed by atoms with Crippen LogP contribution < -0.4 is 5.32 Å². The van der Waals surface area contributed by atoms with E-state index in [9.17, 15) is 4.79 Å². The van der Waals surface area contributed by atoms with Gasteiger partial charge in [-0.15, -0.1) is 0 Å². The fourth-order valence-corrected chi connectivity index (χ4v) is 3.44. The molecule has 0 saturated carbocycles. The first-order valence-corrected chi connectivity index (χ1v) is 9.07. The van der Waals surface area contributed by atoms with Crippen LogP contribution in [0.1, 0.15) is 25.3 Å². The van der Waals surface area contributed by atoms with E-state index in [2.05, 4.69) is 36.3 Å². The van der Waals surface area contributed by atoms with Crippen molar-refractivity contribution >= 4 is 33.2 Å². The first kappa shape index (κ1) is 15.9. The molecule has 1 aromatic heterocycles. The lowest BCUT2D eigenvalue weighted by atomic mass is 10.0. The van der Waals surface area contributed by atoms with Gasteiger partial charge in [0.25, 0.3) is 0 Å². The van der Waals surface area contributed by atoms with Gasteiger partial charge >= 0.3 is 0 Å². The third kappa shape index (κ3) is 5.44. The normalized spacial score (nSPS) is 10.6. The van der Waals surface area contributed by atoms with Gasteiger partial charge in [-0.2, -0.15) is 0 Å². The summed E-state index contributed by atoms with van der Waals surface area (Å²) in [4.78, 5) is 16.1. The SMILES string of the molecule is CC(C)c1ccc(NC(=O)CSSc2ccccn2)cc1. The Hall–Kier alpha value is -1.46. The summed E-state index contributed by atoms with van der Waals surface area (Å²) >= 11 is 0. The number of nitrogens with zero attached hydrogens (tertiary/aromatic N) is 1. The summed E-state index contributed by atoms with van der Waals surface area (Å²) in [6.45, 7) is 4.30. The van der Waals surface area contributed by atoms with Gasteiger partial charge < -0.3 is 5.32 Å². The van der Waals surface area contributed by atoms with E-state index in [1.807, 2.05) is 30.3 Å². The molecule has 0 atom stereocenters. The molecule has 1 N–H and O–H groups in total. The average molecular weight is 318 g/mol. The Balaban J connectivity index is 1.76. The second kappa shape index (κ2) is 8.10. The predicted octanol–water partition coefficient (Wildman–Crippen LogP) is 4.58. The number of carbonyl (C=O) groups is 1. The third-order valence-corrected chi connectivity index (χ3v) is 4.96. The van der Waals surface area contributed by atoms with Gasteiger partial charge in [-0.3, -0.25) is 4.79 Å². The molecule has 0 fully saturated rings. The molecule has 0 aliphatic carbocycles. The van der Waals surface area contributed by atoms with Crippen molar-refractivity contribution in [3.05, 3.63) is 54.2 Å². The number of hydrogen-bond acceptors (Lipinski definition) is 4. The van der Waals surface area contributed by atoms with Gasteiger partial charge in [0.2, 0.25) is 5.91 Å². The number of pyridine rings is 1. The molecule has 0 spiro atoms. The quantitative estimate of drug-likeness (QED) is 0.791. The highest BCUT2D eigenvalue weighted by Gasteiger charge is 2.05. The molecular formula is C16H18N2OS2. The average Bonchev–Trinajstić information content (AvgIpc) is 2.49. The van der Waals surface area contributed by atoms with Crippen molar-refractivity contribution in [3.63, 3.8) is 0 Å². The van der Waals surface area contributed by atoms with E-state index in [0.29, 0.717) is 11.7 Å². The number of amides is 1. The first-order chi connectivity index (χ1) is 10.1. The molecule has 1 amide bonds. The Kier molecular flexibility index (Phi) is 6.14. The van der Waals surface area contributed by atoms with Crippen molar-refractivity contribution < 1.29 is 4.79 Å². The van der Waals surface area contributed by atoms with Crippen LogP contribution in [0.4, 0.5) is 5.69 Å². The maximum Gasteiger partial charge on any atom is 0.235 e. The number of nitrogens with one attached hydrogen (secondary N) is 1. The molecule has 2 aromatic rings. The molecule has 1 heterocycles. The zero-order valence-electron chi connectivity index (χ0n) is 12.1. The van der Waals surface area contributed by atoms with Crippen LogP contribution in [0.2, 0.25) is 0 Å². The maximum absolute atomic E-state index is 11.9. The minimum Gasteiger partial charge on any atom is -0.325 e. The van der Waals surface area contributed by atoms with Crippen molar-refractivity contribution in [1.29, 1.82) is 0 Å². The molecule has 2 rings (SSSR count). The van der Waals surface area contributed by atoms with Crippen LogP contribution in [0.5, 0.6) is 0 Å². The Morgan fingerprint density at radius 1 is 1.19 bits per heavy atom. The number of benzene rings is 1.